The molecule has 0 unspecified atom stereocenters. The fourth-order valence-electron chi connectivity index (χ4n) is 11.3. The second-order valence-electron chi connectivity index (χ2n) is 20.0. The summed E-state index contributed by atoms with van der Waals surface area (Å²) in [5, 5.41) is 24.0. The molecule has 364 valence electrons. The lowest BCUT2D eigenvalue weighted by molar-refractivity contribution is -0.142. The molecule has 0 radical (unpaired) electrons. The van der Waals surface area contributed by atoms with Crippen LogP contribution in [0.1, 0.15) is 137 Å². The van der Waals surface area contributed by atoms with Crippen LogP contribution < -0.4 is 10.9 Å². The first-order valence-electron chi connectivity index (χ1n) is 25.1. The zero-order valence-corrected chi connectivity index (χ0v) is 42.3. The predicted octanol–water partition coefficient (Wildman–Crippen LogP) is 9.38. The molecule has 3 aromatic carbocycles. The number of nitrogens with zero attached hydrogens (tertiary/aromatic N) is 8. The molecule has 6 aromatic rings. The number of likely N-dealkylation sites (tertiary alicyclic amines) is 2. The van der Waals surface area contributed by atoms with Crippen LogP contribution in [0.15, 0.2) is 77.2 Å². The normalized spacial score (nSPS) is 21.3. The van der Waals surface area contributed by atoms with Gasteiger partial charge in [-0.1, -0.05) is 87.0 Å². The Labute approximate surface area is 414 Å². The molecule has 2 amide bonds. The van der Waals surface area contributed by atoms with E-state index < -0.39 is 18.2 Å². The first-order valence-corrected chi connectivity index (χ1v) is 26.3. The number of rotatable bonds is 14. The summed E-state index contributed by atoms with van der Waals surface area (Å²) >= 11 is 8.13. The Balaban J connectivity index is 0.778. The molecule has 9 rings (SSSR count). The van der Waals surface area contributed by atoms with Crippen molar-refractivity contribution in [3.63, 3.8) is 0 Å². The molecular weight excluding hydrogens is 906 g/mol. The summed E-state index contributed by atoms with van der Waals surface area (Å²) in [6.45, 7) is 15.5. The molecule has 0 bridgehead atoms. The van der Waals surface area contributed by atoms with Gasteiger partial charge in [0.05, 0.1) is 55.5 Å². The molecule has 2 saturated heterocycles. The van der Waals surface area contributed by atoms with E-state index in [0.29, 0.717) is 28.7 Å². The van der Waals surface area contributed by atoms with E-state index in [-0.39, 0.29) is 48.2 Å². The van der Waals surface area contributed by atoms with Gasteiger partial charge in [-0.25, -0.2) is 9.67 Å². The van der Waals surface area contributed by atoms with Gasteiger partial charge < -0.3 is 20.2 Å². The number of β-amino-alcohol motifs (C(OH)–C–C–N with tert-alkyl or cyclic N) is 1. The highest BCUT2D eigenvalue weighted by molar-refractivity contribution is 7.13. The molecule has 0 spiro atoms. The number of carbonyl (C=O) groups excluding carboxylic acids is 2. The van der Waals surface area contributed by atoms with E-state index >= 15 is 0 Å². The number of halogens is 1. The van der Waals surface area contributed by atoms with Gasteiger partial charge in [0.2, 0.25) is 11.8 Å². The first-order chi connectivity index (χ1) is 33.3. The fraction of sp³-hybridized carbons (Fsp3) is 0.500. The molecule has 1 aliphatic carbocycles. The van der Waals surface area contributed by atoms with Crippen LogP contribution in [-0.4, -0.2) is 94.6 Å². The molecular formula is C54H66ClN9O4S. The maximum absolute atomic E-state index is 14.4. The van der Waals surface area contributed by atoms with Crippen LogP contribution in [0.25, 0.3) is 27.0 Å². The number of benzene rings is 3. The van der Waals surface area contributed by atoms with Crippen molar-refractivity contribution in [1.82, 2.24) is 44.6 Å². The number of aromatic nitrogens is 6. The number of piperidine rings is 1. The average Bonchev–Trinajstić information content (AvgIpc) is 4.12. The van der Waals surface area contributed by atoms with Gasteiger partial charge in [0.1, 0.15) is 17.9 Å². The minimum absolute atomic E-state index is 0.0966. The number of aryl methyl sites for hydroxylation is 3. The molecule has 15 heteroatoms. The van der Waals surface area contributed by atoms with Crippen LogP contribution >= 0.6 is 22.9 Å². The summed E-state index contributed by atoms with van der Waals surface area (Å²) in [5.74, 6) is 1.54. The van der Waals surface area contributed by atoms with Gasteiger partial charge in [-0.3, -0.25) is 19.0 Å². The number of fused-ring (bicyclic) bond motifs is 1. The van der Waals surface area contributed by atoms with Gasteiger partial charge in [0, 0.05) is 38.0 Å². The van der Waals surface area contributed by atoms with E-state index in [0.717, 1.165) is 109 Å². The van der Waals surface area contributed by atoms with Gasteiger partial charge >= 0.3 is 0 Å². The number of aliphatic hydroxyl groups excluding tert-OH is 1. The Morgan fingerprint density at radius 1 is 0.942 bits per heavy atom. The highest BCUT2D eigenvalue weighted by Gasteiger charge is 2.43. The maximum atomic E-state index is 14.4. The second kappa shape index (κ2) is 21.0. The fourth-order valence-corrected chi connectivity index (χ4v) is 12.3. The van der Waals surface area contributed by atoms with E-state index in [4.69, 9.17) is 11.6 Å². The molecule has 3 fully saturated rings. The minimum Gasteiger partial charge on any atom is -0.391 e. The van der Waals surface area contributed by atoms with E-state index in [9.17, 15) is 19.5 Å². The number of thiazole rings is 1. The van der Waals surface area contributed by atoms with Crippen LogP contribution in [0.4, 0.5) is 0 Å². The Kier molecular flexibility index (Phi) is 14.8. The van der Waals surface area contributed by atoms with Crippen molar-refractivity contribution < 1.29 is 14.7 Å². The number of hydrogen-bond donors (Lipinski definition) is 2. The standard InChI is InChI=1S/C54H66ClN9O4S/c1-7-36-26-41(20-21-45(36)64-46-11-9-10-43(55)49(46)53(67)58-48(64)8-2)38-22-24-61(25-23-38)28-35-12-14-39(15-13-35)44-30-63(60-59-44)50(32(3)4)54(68)62-29-42(65)27-47(62)52(66)57-33(5)37-16-18-40(19-17-37)51-34(6)56-31-69-51/h9-11,16-21,26,30-33,35,38-39,42,47,50,65H,7-8,12-15,22-25,27-29H2,1-6H3,(H,57,66)/t33-,35?,39?,42+,47-,50-/m0/s1. The van der Waals surface area contributed by atoms with E-state index in [1.165, 1.54) is 11.1 Å². The zero-order valence-electron chi connectivity index (χ0n) is 40.8. The van der Waals surface area contributed by atoms with E-state index in [2.05, 4.69) is 60.2 Å². The van der Waals surface area contributed by atoms with Crippen LogP contribution in [0.2, 0.25) is 5.02 Å². The van der Waals surface area contributed by atoms with Crippen molar-refractivity contribution in [2.75, 3.05) is 26.2 Å². The summed E-state index contributed by atoms with van der Waals surface area (Å²) in [6.07, 6.45) is 9.41. The zero-order chi connectivity index (χ0) is 48.5. The lowest BCUT2D eigenvalue weighted by Gasteiger charge is -2.36. The monoisotopic (exact) mass is 971 g/mol. The number of nitrogens with one attached hydrogen (secondary N) is 1. The molecule has 3 aliphatic rings. The molecule has 3 aromatic heterocycles. The smallest absolute Gasteiger partial charge is 0.282 e. The van der Waals surface area contributed by atoms with Crippen molar-refractivity contribution in [3.05, 3.63) is 122 Å². The third kappa shape index (κ3) is 10.2. The SMILES string of the molecule is CCc1cc(C2CCN(CC3CCC(c4cn([C@H](C(=O)N5C[C@H](O)C[C@H]5C(=O)N[C@@H](C)c5ccc(-c6scnc6C)cc5)C(C)C)nn4)CC3)CC2)ccc1-n1c(CC)nc(=O)c2c(Cl)cccc21. The van der Waals surface area contributed by atoms with Gasteiger partial charge in [-0.15, -0.1) is 16.4 Å². The van der Waals surface area contributed by atoms with E-state index in [1.807, 2.05) is 82.7 Å². The van der Waals surface area contributed by atoms with Gasteiger partial charge in [0.25, 0.3) is 5.56 Å². The van der Waals surface area contributed by atoms with Crippen molar-refractivity contribution in [3.8, 4) is 16.1 Å². The Morgan fingerprint density at radius 3 is 2.38 bits per heavy atom. The molecule has 69 heavy (non-hydrogen) atoms. The van der Waals surface area contributed by atoms with E-state index in [1.54, 1.807) is 27.0 Å². The number of carbonyl (C=O) groups is 2. The van der Waals surface area contributed by atoms with Gasteiger partial charge in [0.15, 0.2) is 0 Å². The lowest BCUT2D eigenvalue weighted by Crippen LogP contribution is -2.49. The molecule has 2 aliphatic heterocycles. The Hall–Kier alpha value is -5.28. The molecule has 13 nitrogen and oxygen atoms in total. The van der Waals surface area contributed by atoms with Crippen molar-refractivity contribution >= 4 is 45.7 Å². The van der Waals surface area contributed by atoms with Crippen LogP contribution in [0, 0.1) is 18.8 Å². The average molecular weight is 973 g/mol. The van der Waals surface area contributed by atoms with Crippen molar-refractivity contribution in [2.24, 2.45) is 11.8 Å². The van der Waals surface area contributed by atoms with Crippen molar-refractivity contribution in [1.29, 1.82) is 0 Å². The van der Waals surface area contributed by atoms with Crippen LogP contribution in [0.3, 0.4) is 0 Å². The Bertz CT molecular complexity index is 2840. The Morgan fingerprint density at radius 2 is 1.70 bits per heavy atom. The first kappa shape index (κ1) is 48.7. The quantitative estimate of drug-likeness (QED) is 0.109. The minimum atomic E-state index is -0.792. The topological polar surface area (TPSA) is 151 Å². The number of hydrogen-bond acceptors (Lipinski definition) is 10. The van der Waals surface area contributed by atoms with Crippen LogP contribution in [-0.2, 0) is 22.4 Å². The summed E-state index contributed by atoms with van der Waals surface area (Å²) in [5.41, 5.74) is 10.0. The molecule has 5 heterocycles. The van der Waals surface area contributed by atoms with Gasteiger partial charge in [-0.05, 0) is 130 Å². The van der Waals surface area contributed by atoms with Crippen molar-refractivity contribution in [2.45, 2.75) is 135 Å². The lowest BCUT2D eigenvalue weighted by atomic mass is 9.80. The maximum Gasteiger partial charge on any atom is 0.282 e. The highest BCUT2D eigenvalue weighted by Crippen LogP contribution is 2.38. The summed E-state index contributed by atoms with van der Waals surface area (Å²) in [4.78, 5) is 55.3. The molecule has 1 saturated carbocycles. The summed E-state index contributed by atoms with van der Waals surface area (Å²) < 4.78 is 3.83. The second-order valence-corrected chi connectivity index (χ2v) is 21.3. The number of amides is 2. The third-order valence-corrected chi connectivity index (χ3v) is 16.4. The predicted molar refractivity (Wildman–Crippen MR) is 273 cm³/mol. The van der Waals surface area contributed by atoms with Crippen LogP contribution in [0.5, 0.6) is 0 Å². The molecule has 2 N–H and O–H groups in total. The highest BCUT2D eigenvalue weighted by atomic mass is 35.5. The summed E-state index contributed by atoms with van der Waals surface area (Å²) in [6, 6.07) is 18.9. The van der Waals surface area contributed by atoms with Gasteiger partial charge in [-0.2, -0.15) is 4.98 Å². The largest absolute Gasteiger partial charge is 0.391 e. The summed E-state index contributed by atoms with van der Waals surface area (Å²) in [7, 11) is 0. The third-order valence-electron chi connectivity index (χ3n) is 15.2. The molecule has 4 atom stereocenters. The number of aliphatic hydroxyl groups is 1.